The van der Waals surface area contributed by atoms with Gasteiger partial charge in [-0.25, -0.2) is 0 Å². The summed E-state index contributed by atoms with van der Waals surface area (Å²) in [4.78, 5) is 13.2. The molecule has 18 heavy (non-hydrogen) atoms. The van der Waals surface area contributed by atoms with E-state index in [9.17, 15) is 10.1 Å². The molecule has 1 aliphatic carbocycles. The Morgan fingerprint density at radius 1 is 1.50 bits per heavy atom. The van der Waals surface area contributed by atoms with Crippen molar-refractivity contribution < 1.29 is 4.92 Å². The maximum Gasteiger partial charge on any atom is 0.315 e. The summed E-state index contributed by atoms with van der Waals surface area (Å²) in [6.07, 6.45) is 3.28. The van der Waals surface area contributed by atoms with Gasteiger partial charge in [0.05, 0.1) is 4.92 Å². The van der Waals surface area contributed by atoms with Crippen molar-refractivity contribution in [2.24, 2.45) is 0 Å². The summed E-state index contributed by atoms with van der Waals surface area (Å²) in [5.74, 6) is 0. The number of para-hydroxylation sites is 1. The number of rotatable bonds is 6. The van der Waals surface area contributed by atoms with Crippen molar-refractivity contribution in [3.8, 4) is 0 Å². The number of anilines is 2. The largest absolute Gasteiger partial charge is 0.382 e. The molecule has 1 saturated carbocycles. The zero-order valence-corrected chi connectivity index (χ0v) is 10.8. The van der Waals surface area contributed by atoms with Gasteiger partial charge in [-0.05, 0) is 31.4 Å². The summed E-state index contributed by atoms with van der Waals surface area (Å²) in [6.45, 7) is 2.97. The second-order valence-electron chi connectivity index (χ2n) is 4.60. The van der Waals surface area contributed by atoms with Crippen LogP contribution in [0.1, 0.15) is 26.2 Å². The Balaban J connectivity index is 2.43. The van der Waals surface area contributed by atoms with Crippen LogP contribution in [-0.4, -0.2) is 24.6 Å². The van der Waals surface area contributed by atoms with Crippen LogP contribution >= 0.6 is 0 Å². The number of hydrogen-bond donors (Lipinski definition) is 1. The highest BCUT2D eigenvalue weighted by molar-refractivity contribution is 5.77. The molecule has 0 aromatic heterocycles. The molecule has 1 aliphatic rings. The molecule has 0 amide bonds. The van der Waals surface area contributed by atoms with Gasteiger partial charge in [0.25, 0.3) is 0 Å². The summed E-state index contributed by atoms with van der Waals surface area (Å²) in [5, 5.41) is 14.2. The lowest BCUT2D eigenvalue weighted by molar-refractivity contribution is -0.383. The minimum atomic E-state index is -0.286. The average Bonchev–Trinajstić information content (AvgIpc) is 3.19. The van der Waals surface area contributed by atoms with Crippen LogP contribution < -0.4 is 10.2 Å². The highest BCUT2D eigenvalue weighted by Crippen LogP contribution is 2.40. The molecule has 0 bridgehead atoms. The molecule has 1 aromatic rings. The van der Waals surface area contributed by atoms with Crippen LogP contribution in [0.15, 0.2) is 18.2 Å². The Morgan fingerprint density at radius 3 is 2.72 bits per heavy atom. The van der Waals surface area contributed by atoms with Gasteiger partial charge >= 0.3 is 5.69 Å². The van der Waals surface area contributed by atoms with Gasteiger partial charge in [0.2, 0.25) is 0 Å². The minimum absolute atomic E-state index is 0.195. The van der Waals surface area contributed by atoms with Gasteiger partial charge < -0.3 is 10.2 Å². The van der Waals surface area contributed by atoms with E-state index < -0.39 is 0 Å². The fraction of sp³-hybridized carbons (Fsp3) is 0.538. The van der Waals surface area contributed by atoms with E-state index in [4.69, 9.17) is 0 Å². The third-order valence-corrected chi connectivity index (χ3v) is 3.23. The molecule has 1 aromatic carbocycles. The van der Waals surface area contributed by atoms with Gasteiger partial charge in [-0.3, -0.25) is 10.1 Å². The van der Waals surface area contributed by atoms with Gasteiger partial charge in [0.1, 0.15) is 11.4 Å². The van der Waals surface area contributed by atoms with Crippen LogP contribution in [0.4, 0.5) is 17.1 Å². The molecule has 0 heterocycles. The lowest BCUT2D eigenvalue weighted by atomic mass is 10.2. The predicted molar refractivity (Wildman–Crippen MR) is 73.3 cm³/mol. The summed E-state index contributed by atoms with van der Waals surface area (Å²) < 4.78 is 0. The van der Waals surface area contributed by atoms with E-state index >= 15 is 0 Å². The maximum atomic E-state index is 11.3. The Hall–Kier alpha value is -1.78. The molecule has 0 radical (unpaired) electrons. The van der Waals surface area contributed by atoms with Crippen LogP contribution in [-0.2, 0) is 0 Å². The van der Waals surface area contributed by atoms with Crippen molar-refractivity contribution in [1.29, 1.82) is 0 Å². The Bertz CT molecular complexity index is 444. The molecule has 0 saturated heterocycles. The van der Waals surface area contributed by atoms with Crippen LogP contribution in [0.3, 0.4) is 0 Å². The van der Waals surface area contributed by atoms with Crippen molar-refractivity contribution in [2.45, 2.75) is 32.2 Å². The highest BCUT2D eigenvalue weighted by atomic mass is 16.6. The molecule has 0 aliphatic heterocycles. The molecule has 0 spiro atoms. The second-order valence-corrected chi connectivity index (χ2v) is 4.60. The number of nitro benzene ring substituents is 1. The second kappa shape index (κ2) is 5.25. The van der Waals surface area contributed by atoms with Crippen molar-refractivity contribution in [3.63, 3.8) is 0 Å². The first-order chi connectivity index (χ1) is 8.69. The van der Waals surface area contributed by atoms with Gasteiger partial charge in [-0.1, -0.05) is 13.0 Å². The van der Waals surface area contributed by atoms with Gasteiger partial charge in [0, 0.05) is 19.6 Å². The van der Waals surface area contributed by atoms with Crippen molar-refractivity contribution in [1.82, 2.24) is 0 Å². The van der Waals surface area contributed by atoms with E-state index in [1.165, 1.54) is 0 Å². The van der Waals surface area contributed by atoms with Crippen molar-refractivity contribution in [2.75, 3.05) is 23.8 Å². The van der Waals surface area contributed by atoms with E-state index in [1.807, 2.05) is 12.1 Å². The number of nitro groups is 1. The number of hydrogen-bond acceptors (Lipinski definition) is 4. The lowest BCUT2D eigenvalue weighted by Crippen LogP contribution is -2.27. The first kappa shape index (κ1) is 12.7. The van der Waals surface area contributed by atoms with E-state index in [0.29, 0.717) is 11.7 Å². The van der Waals surface area contributed by atoms with Crippen LogP contribution in [0.5, 0.6) is 0 Å². The monoisotopic (exact) mass is 249 g/mol. The SMILES string of the molecule is CCCN(c1cccc(NC)c1[N+](=O)[O-])C1CC1. The number of nitrogens with zero attached hydrogens (tertiary/aromatic N) is 2. The molecule has 0 atom stereocenters. The Morgan fingerprint density at radius 2 is 2.22 bits per heavy atom. The fourth-order valence-corrected chi connectivity index (χ4v) is 2.28. The number of benzene rings is 1. The summed E-state index contributed by atoms with van der Waals surface area (Å²) >= 11 is 0. The third-order valence-electron chi connectivity index (χ3n) is 3.23. The molecule has 1 N–H and O–H groups in total. The first-order valence-electron chi connectivity index (χ1n) is 6.40. The summed E-state index contributed by atoms with van der Waals surface area (Å²) in [7, 11) is 1.72. The van der Waals surface area contributed by atoms with Crippen LogP contribution in [0, 0.1) is 10.1 Å². The molecule has 5 nitrogen and oxygen atoms in total. The normalized spacial score (nSPS) is 14.3. The van der Waals surface area contributed by atoms with Crippen LogP contribution in [0.25, 0.3) is 0 Å². The highest BCUT2D eigenvalue weighted by Gasteiger charge is 2.33. The minimum Gasteiger partial charge on any atom is -0.382 e. The Kier molecular flexibility index (Phi) is 3.69. The third kappa shape index (κ3) is 2.39. The lowest BCUT2D eigenvalue weighted by Gasteiger charge is -2.24. The molecule has 1 fully saturated rings. The molecular formula is C13H19N3O2. The van der Waals surface area contributed by atoms with E-state index in [2.05, 4.69) is 17.1 Å². The quantitative estimate of drug-likeness (QED) is 0.622. The first-order valence-corrected chi connectivity index (χ1v) is 6.40. The standard InChI is InChI=1S/C13H19N3O2/c1-3-9-15(10-7-8-10)12-6-4-5-11(14-2)13(12)16(17)18/h4-6,10,14H,3,7-9H2,1-2H3. The van der Waals surface area contributed by atoms with E-state index in [-0.39, 0.29) is 10.6 Å². The maximum absolute atomic E-state index is 11.3. The fourth-order valence-electron chi connectivity index (χ4n) is 2.28. The smallest absolute Gasteiger partial charge is 0.315 e. The molecule has 0 unspecified atom stereocenters. The molecule has 2 rings (SSSR count). The van der Waals surface area contributed by atoms with Gasteiger partial charge in [0.15, 0.2) is 0 Å². The molecule has 98 valence electrons. The average molecular weight is 249 g/mol. The summed E-state index contributed by atoms with van der Waals surface area (Å²) in [6, 6.07) is 5.96. The zero-order chi connectivity index (χ0) is 13.1. The summed E-state index contributed by atoms with van der Waals surface area (Å²) in [5.41, 5.74) is 1.52. The van der Waals surface area contributed by atoms with Gasteiger partial charge in [-0.2, -0.15) is 0 Å². The molecule has 5 heteroatoms. The van der Waals surface area contributed by atoms with Crippen LogP contribution in [0.2, 0.25) is 0 Å². The zero-order valence-electron chi connectivity index (χ0n) is 10.8. The van der Waals surface area contributed by atoms with E-state index in [0.717, 1.165) is 31.5 Å². The Labute approximate surface area is 107 Å². The number of nitrogens with one attached hydrogen (secondary N) is 1. The topological polar surface area (TPSA) is 58.4 Å². The van der Waals surface area contributed by atoms with Crippen molar-refractivity contribution in [3.05, 3.63) is 28.3 Å². The predicted octanol–water partition coefficient (Wildman–Crippen LogP) is 3.02. The van der Waals surface area contributed by atoms with E-state index in [1.54, 1.807) is 13.1 Å². The van der Waals surface area contributed by atoms with Gasteiger partial charge in [-0.15, -0.1) is 0 Å². The molecular weight excluding hydrogens is 230 g/mol. The van der Waals surface area contributed by atoms with Crippen molar-refractivity contribution >= 4 is 17.1 Å².